The highest BCUT2D eigenvalue weighted by Gasteiger charge is 2.16. The van der Waals surface area contributed by atoms with Gasteiger partial charge in [-0.25, -0.2) is 4.98 Å². The number of aromatic nitrogens is 1. The van der Waals surface area contributed by atoms with Gasteiger partial charge in [0, 0.05) is 30.9 Å². The lowest BCUT2D eigenvalue weighted by Crippen LogP contribution is -2.26. The smallest absolute Gasteiger partial charge is 0.180 e. The Hall–Kier alpha value is -1.85. The fourth-order valence-electron chi connectivity index (χ4n) is 2.82. The van der Waals surface area contributed by atoms with Gasteiger partial charge in [0.2, 0.25) is 0 Å². The molecular formula is C18H23N3OS. The van der Waals surface area contributed by atoms with Gasteiger partial charge in [0.15, 0.2) is 5.13 Å². The van der Waals surface area contributed by atoms with Gasteiger partial charge < -0.3 is 10.5 Å². The summed E-state index contributed by atoms with van der Waals surface area (Å²) < 4.78 is 5.54. The first-order valence-electron chi connectivity index (χ1n) is 8.10. The first kappa shape index (κ1) is 16.0. The summed E-state index contributed by atoms with van der Waals surface area (Å²) in [6.45, 7) is 5.77. The normalized spacial score (nSPS) is 15.5. The van der Waals surface area contributed by atoms with E-state index in [1.807, 2.05) is 19.1 Å². The van der Waals surface area contributed by atoms with Crippen LogP contribution in [0.15, 0.2) is 30.3 Å². The molecule has 3 rings (SSSR count). The zero-order valence-electron chi connectivity index (χ0n) is 13.5. The molecule has 0 amide bonds. The number of benzene rings is 1. The van der Waals surface area contributed by atoms with E-state index in [1.165, 1.54) is 16.1 Å². The summed E-state index contributed by atoms with van der Waals surface area (Å²) in [4.78, 5) is 8.26. The Labute approximate surface area is 141 Å². The van der Waals surface area contributed by atoms with Gasteiger partial charge >= 0.3 is 0 Å². The van der Waals surface area contributed by atoms with Crippen LogP contribution in [0, 0.1) is 0 Å². The predicted octanol–water partition coefficient (Wildman–Crippen LogP) is 3.24. The Morgan fingerprint density at radius 2 is 2.22 bits per heavy atom. The quantitative estimate of drug-likeness (QED) is 0.915. The number of ether oxygens (including phenoxy) is 1. The average molecular weight is 329 g/mol. The van der Waals surface area contributed by atoms with E-state index in [1.54, 1.807) is 11.3 Å². The second-order valence-electron chi connectivity index (χ2n) is 5.63. The Morgan fingerprint density at radius 3 is 3.09 bits per heavy atom. The lowest BCUT2D eigenvalue weighted by atomic mass is 10.2. The van der Waals surface area contributed by atoms with Crippen LogP contribution >= 0.6 is 11.3 Å². The molecule has 5 heteroatoms. The zero-order valence-corrected chi connectivity index (χ0v) is 14.3. The molecule has 0 radical (unpaired) electrons. The van der Waals surface area contributed by atoms with Crippen LogP contribution in [-0.2, 0) is 12.8 Å². The van der Waals surface area contributed by atoms with Crippen molar-refractivity contribution in [3.8, 4) is 5.75 Å². The molecule has 122 valence electrons. The lowest BCUT2D eigenvalue weighted by molar-refractivity contribution is 0.318. The van der Waals surface area contributed by atoms with Crippen molar-refractivity contribution < 1.29 is 4.74 Å². The molecule has 0 bridgehead atoms. The standard InChI is InChI=1S/C18H23N3OS/c1-2-22-15-7-3-5-14(13-15)6-4-10-21-11-8-16-17(9-12-21)23-18(19)20-16/h3-7,13H,2,8-12H2,1H3,(H2,19,20)/b6-4+. The summed E-state index contributed by atoms with van der Waals surface area (Å²) >= 11 is 1.64. The Morgan fingerprint density at radius 1 is 1.35 bits per heavy atom. The minimum atomic E-state index is 0.698. The summed E-state index contributed by atoms with van der Waals surface area (Å²) in [6.07, 6.45) is 6.44. The van der Waals surface area contributed by atoms with Crippen molar-refractivity contribution >= 4 is 22.5 Å². The third-order valence-corrected chi connectivity index (χ3v) is 4.94. The van der Waals surface area contributed by atoms with E-state index < -0.39 is 0 Å². The second kappa shape index (κ2) is 7.62. The van der Waals surface area contributed by atoms with Crippen molar-refractivity contribution in [2.75, 3.05) is 32.0 Å². The topological polar surface area (TPSA) is 51.4 Å². The number of nitrogens with two attached hydrogens (primary N) is 1. The largest absolute Gasteiger partial charge is 0.494 e. The van der Waals surface area contributed by atoms with Crippen LogP contribution in [-0.4, -0.2) is 36.1 Å². The monoisotopic (exact) mass is 329 g/mol. The van der Waals surface area contributed by atoms with Crippen LogP contribution in [0.4, 0.5) is 5.13 Å². The number of anilines is 1. The second-order valence-corrected chi connectivity index (χ2v) is 6.75. The average Bonchev–Trinajstić information content (AvgIpc) is 2.80. The van der Waals surface area contributed by atoms with Crippen molar-refractivity contribution in [2.45, 2.75) is 19.8 Å². The minimum absolute atomic E-state index is 0.698. The SMILES string of the molecule is CCOc1cccc(/C=C/CN2CCc3nc(N)sc3CC2)c1. The number of hydrogen-bond acceptors (Lipinski definition) is 5. The van der Waals surface area contributed by atoms with Crippen molar-refractivity contribution in [3.05, 3.63) is 46.5 Å². The van der Waals surface area contributed by atoms with Gasteiger partial charge in [-0.05, 0) is 31.0 Å². The van der Waals surface area contributed by atoms with E-state index in [0.29, 0.717) is 11.7 Å². The molecule has 1 aliphatic rings. The van der Waals surface area contributed by atoms with Crippen LogP contribution in [0.25, 0.3) is 6.08 Å². The first-order chi connectivity index (χ1) is 11.2. The molecular weight excluding hydrogens is 306 g/mol. The predicted molar refractivity (Wildman–Crippen MR) is 97.0 cm³/mol. The molecule has 1 aliphatic heterocycles. The molecule has 0 spiro atoms. The van der Waals surface area contributed by atoms with E-state index in [4.69, 9.17) is 10.5 Å². The molecule has 1 aromatic heterocycles. The molecule has 0 unspecified atom stereocenters. The molecule has 0 aliphatic carbocycles. The number of nitrogen functional groups attached to an aromatic ring is 1. The van der Waals surface area contributed by atoms with Gasteiger partial charge in [-0.3, -0.25) is 4.90 Å². The summed E-state index contributed by atoms with van der Waals surface area (Å²) in [5.74, 6) is 0.928. The van der Waals surface area contributed by atoms with E-state index in [-0.39, 0.29) is 0 Å². The van der Waals surface area contributed by atoms with E-state index in [9.17, 15) is 0 Å². The number of rotatable bonds is 5. The summed E-state index contributed by atoms with van der Waals surface area (Å²) in [7, 11) is 0. The maximum atomic E-state index is 5.79. The van der Waals surface area contributed by atoms with Crippen LogP contribution in [0.2, 0.25) is 0 Å². The van der Waals surface area contributed by atoms with E-state index in [2.05, 4.69) is 34.2 Å². The van der Waals surface area contributed by atoms with Crippen molar-refractivity contribution in [2.24, 2.45) is 0 Å². The van der Waals surface area contributed by atoms with Gasteiger partial charge in [0.1, 0.15) is 5.75 Å². The highest BCUT2D eigenvalue weighted by Crippen LogP contribution is 2.24. The molecule has 2 aromatic rings. The Balaban J connectivity index is 1.54. The first-order valence-corrected chi connectivity index (χ1v) is 8.92. The van der Waals surface area contributed by atoms with Crippen molar-refractivity contribution in [1.29, 1.82) is 0 Å². The zero-order chi connectivity index (χ0) is 16.1. The molecule has 4 nitrogen and oxygen atoms in total. The van der Waals surface area contributed by atoms with Gasteiger partial charge in [-0.15, -0.1) is 11.3 Å². The highest BCUT2D eigenvalue weighted by atomic mass is 32.1. The third-order valence-electron chi connectivity index (χ3n) is 3.96. The molecule has 0 atom stereocenters. The van der Waals surface area contributed by atoms with Crippen LogP contribution in [0.3, 0.4) is 0 Å². The number of hydrogen-bond donors (Lipinski definition) is 1. The summed E-state index contributed by atoms with van der Waals surface area (Å²) in [5.41, 5.74) is 8.17. The number of thiazole rings is 1. The number of fused-ring (bicyclic) bond motifs is 1. The summed E-state index contributed by atoms with van der Waals surface area (Å²) in [6, 6.07) is 8.20. The molecule has 1 aromatic carbocycles. The lowest BCUT2D eigenvalue weighted by Gasteiger charge is -2.17. The molecule has 2 heterocycles. The molecule has 0 fully saturated rings. The summed E-state index contributed by atoms with van der Waals surface area (Å²) in [5, 5.41) is 0.706. The molecule has 0 saturated heterocycles. The van der Waals surface area contributed by atoms with Crippen LogP contribution in [0.1, 0.15) is 23.1 Å². The molecule has 23 heavy (non-hydrogen) atoms. The fourth-order valence-corrected chi connectivity index (χ4v) is 3.69. The van der Waals surface area contributed by atoms with Crippen LogP contribution in [0.5, 0.6) is 5.75 Å². The molecule has 0 saturated carbocycles. The highest BCUT2D eigenvalue weighted by molar-refractivity contribution is 7.15. The Kier molecular flexibility index (Phi) is 5.31. The Bertz CT molecular complexity index is 655. The van der Waals surface area contributed by atoms with E-state index in [0.717, 1.165) is 38.2 Å². The maximum Gasteiger partial charge on any atom is 0.180 e. The van der Waals surface area contributed by atoms with Crippen molar-refractivity contribution in [1.82, 2.24) is 9.88 Å². The van der Waals surface area contributed by atoms with Gasteiger partial charge in [-0.2, -0.15) is 0 Å². The van der Waals surface area contributed by atoms with Crippen molar-refractivity contribution in [3.63, 3.8) is 0 Å². The fraction of sp³-hybridized carbons (Fsp3) is 0.389. The maximum absolute atomic E-state index is 5.79. The van der Waals surface area contributed by atoms with E-state index >= 15 is 0 Å². The van der Waals surface area contributed by atoms with Gasteiger partial charge in [-0.1, -0.05) is 24.3 Å². The minimum Gasteiger partial charge on any atom is -0.494 e. The molecule has 2 N–H and O–H groups in total. The van der Waals surface area contributed by atoms with Gasteiger partial charge in [0.05, 0.1) is 12.3 Å². The van der Waals surface area contributed by atoms with Gasteiger partial charge in [0.25, 0.3) is 0 Å². The number of nitrogens with zero attached hydrogens (tertiary/aromatic N) is 2. The van der Waals surface area contributed by atoms with Crippen LogP contribution < -0.4 is 10.5 Å². The third kappa shape index (κ3) is 4.33.